The fraction of sp³-hybridized carbons (Fsp3) is 0.500. The Bertz CT molecular complexity index is 895. The predicted octanol–water partition coefficient (Wildman–Crippen LogP) is 3.05. The van der Waals surface area contributed by atoms with Crippen molar-refractivity contribution in [1.82, 2.24) is 14.7 Å². The van der Waals surface area contributed by atoms with E-state index in [1.807, 2.05) is 19.9 Å². The smallest absolute Gasteiger partial charge is 0.314 e. The molecule has 1 aromatic heterocycles. The van der Waals surface area contributed by atoms with Crippen molar-refractivity contribution in [3.8, 4) is 0 Å². The van der Waals surface area contributed by atoms with E-state index < -0.39 is 5.41 Å². The zero-order valence-electron chi connectivity index (χ0n) is 17.3. The Morgan fingerprint density at radius 2 is 2.03 bits per heavy atom. The van der Waals surface area contributed by atoms with Gasteiger partial charge in [0.15, 0.2) is 0 Å². The second kappa shape index (κ2) is 8.76. The van der Waals surface area contributed by atoms with Crippen LogP contribution in [0.15, 0.2) is 30.3 Å². The molecule has 1 fully saturated rings. The lowest BCUT2D eigenvalue weighted by Crippen LogP contribution is -2.52. The first-order chi connectivity index (χ1) is 13.8. The van der Waals surface area contributed by atoms with E-state index >= 15 is 0 Å². The van der Waals surface area contributed by atoms with Crippen LogP contribution in [0.1, 0.15) is 36.7 Å². The second-order valence-electron chi connectivity index (χ2n) is 7.77. The molecular formula is C22H28FN3O3. The molecule has 0 spiro atoms. The summed E-state index contributed by atoms with van der Waals surface area (Å²) in [6, 6.07) is 8.38. The first-order valence-electron chi connectivity index (χ1n) is 10.0. The lowest BCUT2D eigenvalue weighted by molar-refractivity contribution is -0.161. The number of nitrogens with zero attached hydrogens (tertiary/aromatic N) is 3. The number of carbonyl (C=O) groups excluding carboxylic acids is 2. The summed E-state index contributed by atoms with van der Waals surface area (Å²) in [6.07, 6.45) is 1.43. The summed E-state index contributed by atoms with van der Waals surface area (Å²) in [5, 5.41) is 4.35. The molecule has 2 aromatic rings. The zero-order chi connectivity index (χ0) is 21.0. The molecule has 1 amide bonds. The highest BCUT2D eigenvalue weighted by molar-refractivity contribution is 5.81. The highest BCUT2D eigenvalue weighted by Crippen LogP contribution is 2.36. The van der Waals surface area contributed by atoms with Crippen LogP contribution >= 0.6 is 0 Å². The van der Waals surface area contributed by atoms with E-state index in [1.54, 1.807) is 34.7 Å². The number of aryl methyl sites for hydroxylation is 2. The van der Waals surface area contributed by atoms with E-state index in [9.17, 15) is 14.0 Å². The van der Waals surface area contributed by atoms with Gasteiger partial charge in [0.1, 0.15) is 12.4 Å². The van der Waals surface area contributed by atoms with Gasteiger partial charge >= 0.3 is 5.97 Å². The lowest BCUT2D eigenvalue weighted by atomic mass is 9.75. The highest BCUT2D eigenvalue weighted by atomic mass is 19.1. The van der Waals surface area contributed by atoms with Gasteiger partial charge in [0.05, 0.1) is 17.7 Å². The molecule has 1 unspecified atom stereocenters. The normalized spacial score (nSPS) is 19.2. The number of aromatic nitrogens is 2. The van der Waals surface area contributed by atoms with Crippen LogP contribution in [0.4, 0.5) is 4.39 Å². The van der Waals surface area contributed by atoms with E-state index in [2.05, 4.69) is 5.10 Å². The van der Waals surface area contributed by atoms with Crippen molar-refractivity contribution in [2.45, 2.75) is 46.6 Å². The third kappa shape index (κ3) is 4.66. The molecule has 7 heteroatoms. The molecule has 1 atom stereocenters. The minimum Gasteiger partial charge on any atom is -0.466 e. The van der Waals surface area contributed by atoms with Crippen LogP contribution in [0, 0.1) is 25.1 Å². The van der Waals surface area contributed by atoms with Crippen LogP contribution < -0.4 is 0 Å². The van der Waals surface area contributed by atoms with E-state index in [4.69, 9.17) is 4.74 Å². The SMILES string of the molecule is CCOC(=O)C1(Cc2ccccc2F)CCCN(C(=O)Cn2nc(C)cc2C)C1. The second-order valence-corrected chi connectivity index (χ2v) is 7.77. The number of ether oxygens (including phenoxy) is 1. The summed E-state index contributed by atoms with van der Waals surface area (Å²) in [5.74, 6) is -0.813. The molecule has 0 saturated carbocycles. The maximum atomic E-state index is 14.3. The number of halogens is 1. The fourth-order valence-corrected chi connectivity index (χ4v) is 4.08. The summed E-state index contributed by atoms with van der Waals surface area (Å²) in [7, 11) is 0. The number of esters is 1. The van der Waals surface area contributed by atoms with Crippen molar-refractivity contribution in [3.63, 3.8) is 0 Å². The Kier molecular flexibility index (Phi) is 6.35. The van der Waals surface area contributed by atoms with Crippen molar-refractivity contribution in [2.75, 3.05) is 19.7 Å². The number of hydrogen-bond acceptors (Lipinski definition) is 4. The molecule has 1 aliphatic heterocycles. The van der Waals surface area contributed by atoms with Crippen molar-refractivity contribution in [1.29, 1.82) is 0 Å². The van der Waals surface area contributed by atoms with Crippen LogP contribution in [0.5, 0.6) is 0 Å². The Morgan fingerprint density at radius 1 is 1.28 bits per heavy atom. The molecule has 2 heterocycles. The van der Waals surface area contributed by atoms with Crippen LogP contribution in [-0.4, -0.2) is 46.3 Å². The van der Waals surface area contributed by atoms with Gasteiger partial charge in [-0.3, -0.25) is 14.3 Å². The van der Waals surface area contributed by atoms with Gasteiger partial charge in [0, 0.05) is 18.8 Å². The highest BCUT2D eigenvalue weighted by Gasteiger charge is 2.45. The van der Waals surface area contributed by atoms with E-state index in [-0.39, 0.29) is 43.8 Å². The summed E-state index contributed by atoms with van der Waals surface area (Å²) < 4.78 is 21.3. The first kappa shape index (κ1) is 21.0. The number of rotatable bonds is 6. The van der Waals surface area contributed by atoms with Gasteiger partial charge in [0.2, 0.25) is 5.91 Å². The van der Waals surface area contributed by atoms with Gasteiger partial charge in [-0.2, -0.15) is 5.10 Å². The Balaban J connectivity index is 1.83. The molecule has 29 heavy (non-hydrogen) atoms. The minimum atomic E-state index is -0.943. The molecule has 6 nitrogen and oxygen atoms in total. The van der Waals surface area contributed by atoms with Gasteiger partial charge < -0.3 is 9.64 Å². The molecule has 1 aromatic carbocycles. The minimum absolute atomic E-state index is 0.0990. The summed E-state index contributed by atoms with van der Waals surface area (Å²) in [5.41, 5.74) is 1.29. The third-order valence-electron chi connectivity index (χ3n) is 5.51. The fourth-order valence-electron chi connectivity index (χ4n) is 4.08. The van der Waals surface area contributed by atoms with E-state index in [1.165, 1.54) is 6.07 Å². The lowest BCUT2D eigenvalue weighted by Gasteiger charge is -2.41. The van der Waals surface area contributed by atoms with Crippen molar-refractivity contribution in [3.05, 3.63) is 53.1 Å². The molecule has 0 radical (unpaired) electrons. The predicted molar refractivity (Wildman–Crippen MR) is 107 cm³/mol. The first-order valence-corrected chi connectivity index (χ1v) is 10.0. The standard InChI is InChI=1S/C22H28FN3O3/c1-4-29-21(28)22(13-18-8-5-6-9-19(18)23)10-7-11-25(15-22)20(27)14-26-17(3)12-16(2)24-26/h5-6,8-9,12H,4,7,10-11,13-15H2,1-3H3. The van der Waals surface area contributed by atoms with Crippen LogP contribution in [-0.2, 0) is 27.3 Å². The Hall–Kier alpha value is -2.70. The number of carbonyl (C=O) groups is 2. The largest absolute Gasteiger partial charge is 0.466 e. The molecule has 0 N–H and O–H groups in total. The monoisotopic (exact) mass is 401 g/mol. The topological polar surface area (TPSA) is 64.4 Å². The number of hydrogen-bond donors (Lipinski definition) is 0. The summed E-state index contributed by atoms with van der Waals surface area (Å²) >= 11 is 0. The molecular weight excluding hydrogens is 373 g/mol. The molecule has 0 bridgehead atoms. The summed E-state index contributed by atoms with van der Waals surface area (Å²) in [6.45, 7) is 6.70. The van der Waals surface area contributed by atoms with Crippen molar-refractivity contribution >= 4 is 11.9 Å². The number of amides is 1. The van der Waals surface area contributed by atoms with Gasteiger partial charge in [-0.1, -0.05) is 18.2 Å². The van der Waals surface area contributed by atoms with E-state index in [0.29, 0.717) is 24.9 Å². The Labute approximate surface area is 170 Å². The molecule has 1 saturated heterocycles. The zero-order valence-corrected chi connectivity index (χ0v) is 17.3. The molecule has 0 aliphatic carbocycles. The third-order valence-corrected chi connectivity index (χ3v) is 5.51. The quantitative estimate of drug-likeness (QED) is 0.698. The molecule has 3 rings (SSSR count). The molecule has 1 aliphatic rings. The van der Waals surface area contributed by atoms with Crippen molar-refractivity contribution < 1.29 is 18.7 Å². The number of likely N-dealkylation sites (tertiary alicyclic amines) is 1. The number of benzene rings is 1. The Morgan fingerprint density at radius 3 is 2.69 bits per heavy atom. The van der Waals surface area contributed by atoms with Crippen LogP contribution in [0.3, 0.4) is 0 Å². The van der Waals surface area contributed by atoms with Crippen LogP contribution in [0.25, 0.3) is 0 Å². The van der Waals surface area contributed by atoms with Gasteiger partial charge in [-0.25, -0.2) is 4.39 Å². The van der Waals surface area contributed by atoms with Gasteiger partial charge in [-0.05, 0) is 57.7 Å². The summed E-state index contributed by atoms with van der Waals surface area (Å²) in [4.78, 5) is 27.6. The average molecular weight is 401 g/mol. The van der Waals surface area contributed by atoms with Crippen molar-refractivity contribution in [2.24, 2.45) is 5.41 Å². The van der Waals surface area contributed by atoms with Crippen LogP contribution in [0.2, 0.25) is 0 Å². The van der Waals surface area contributed by atoms with Gasteiger partial charge in [-0.15, -0.1) is 0 Å². The van der Waals surface area contributed by atoms with E-state index in [0.717, 1.165) is 11.4 Å². The van der Waals surface area contributed by atoms with Gasteiger partial charge in [0.25, 0.3) is 0 Å². The molecule has 156 valence electrons. The maximum Gasteiger partial charge on any atom is 0.314 e. The average Bonchev–Trinajstić information content (AvgIpc) is 3.01. The number of piperidine rings is 1. The maximum absolute atomic E-state index is 14.3.